The highest BCUT2D eigenvalue weighted by Crippen LogP contribution is 2.28. The molecule has 0 bridgehead atoms. The molecule has 2 aromatic rings. The highest BCUT2D eigenvalue weighted by Gasteiger charge is 2.22. The van der Waals surface area contributed by atoms with Gasteiger partial charge in [-0.05, 0) is 31.2 Å². The zero-order valence-electron chi connectivity index (χ0n) is 9.79. The van der Waals surface area contributed by atoms with E-state index in [0.717, 1.165) is 4.09 Å². The largest absolute Gasteiger partial charge is 0.495 e. The normalized spacial score (nSPS) is 11.5. The summed E-state index contributed by atoms with van der Waals surface area (Å²) in [6.07, 6.45) is 1.41. The van der Waals surface area contributed by atoms with Crippen LogP contribution < -0.4 is 4.74 Å². The minimum Gasteiger partial charge on any atom is -0.495 e. The van der Waals surface area contributed by atoms with Gasteiger partial charge in [0, 0.05) is 10.7 Å². The number of aryl methyl sites for hydroxylation is 1. The van der Waals surface area contributed by atoms with Gasteiger partial charge in [0.05, 0.1) is 12.8 Å². The predicted molar refractivity (Wildman–Crippen MR) is 70.2 cm³/mol. The molecule has 7 heteroatoms. The van der Waals surface area contributed by atoms with Crippen molar-refractivity contribution in [3.05, 3.63) is 40.6 Å². The second kappa shape index (κ2) is 4.74. The van der Waals surface area contributed by atoms with Crippen molar-refractivity contribution < 1.29 is 13.2 Å². The summed E-state index contributed by atoms with van der Waals surface area (Å²) in [4.78, 5) is 0.0717. The van der Waals surface area contributed by atoms with E-state index in [0.29, 0.717) is 10.2 Å². The Morgan fingerprint density at radius 3 is 2.61 bits per heavy atom. The van der Waals surface area contributed by atoms with Gasteiger partial charge in [-0.1, -0.05) is 15.9 Å². The predicted octanol–water partition coefficient (Wildman–Crippen LogP) is 2.20. The molecule has 2 rings (SSSR count). The molecule has 0 fully saturated rings. The molecule has 0 saturated carbocycles. The van der Waals surface area contributed by atoms with Crippen molar-refractivity contribution >= 4 is 26.0 Å². The molecule has 0 spiro atoms. The molecule has 1 heterocycles. The fourth-order valence-electron chi connectivity index (χ4n) is 1.48. The number of halogens is 1. The number of methoxy groups -OCH3 is 1. The van der Waals surface area contributed by atoms with Gasteiger partial charge in [-0.3, -0.25) is 0 Å². The molecule has 96 valence electrons. The second-order valence-electron chi connectivity index (χ2n) is 3.63. The first kappa shape index (κ1) is 13.1. The lowest BCUT2D eigenvalue weighted by Gasteiger charge is -2.09. The Kier molecular flexibility index (Phi) is 3.45. The van der Waals surface area contributed by atoms with Gasteiger partial charge in [0.25, 0.3) is 10.0 Å². The van der Waals surface area contributed by atoms with E-state index in [9.17, 15) is 8.42 Å². The van der Waals surface area contributed by atoms with Crippen LogP contribution in [0.4, 0.5) is 0 Å². The van der Waals surface area contributed by atoms with Gasteiger partial charge in [0.1, 0.15) is 10.6 Å². The number of ether oxygens (including phenoxy) is 1. The number of hydrogen-bond acceptors (Lipinski definition) is 4. The van der Waals surface area contributed by atoms with Gasteiger partial charge < -0.3 is 4.74 Å². The quantitative estimate of drug-likeness (QED) is 0.865. The van der Waals surface area contributed by atoms with Gasteiger partial charge in [-0.25, -0.2) is 0 Å². The summed E-state index contributed by atoms with van der Waals surface area (Å²) in [5.41, 5.74) is 0.632. The number of rotatable bonds is 3. The monoisotopic (exact) mass is 330 g/mol. The average Bonchev–Trinajstić information content (AvgIpc) is 2.76. The van der Waals surface area contributed by atoms with Crippen molar-refractivity contribution in [2.24, 2.45) is 0 Å². The van der Waals surface area contributed by atoms with Gasteiger partial charge >= 0.3 is 0 Å². The summed E-state index contributed by atoms with van der Waals surface area (Å²) in [5, 5.41) is 3.92. The third-order valence-corrected chi connectivity index (χ3v) is 4.41. The lowest BCUT2D eigenvalue weighted by molar-refractivity contribution is 0.402. The van der Waals surface area contributed by atoms with E-state index < -0.39 is 10.0 Å². The Morgan fingerprint density at radius 2 is 2.06 bits per heavy atom. The van der Waals surface area contributed by atoms with E-state index in [2.05, 4.69) is 21.0 Å². The van der Waals surface area contributed by atoms with Crippen molar-refractivity contribution in [1.29, 1.82) is 0 Å². The fourth-order valence-corrected chi connectivity index (χ4v) is 3.33. The van der Waals surface area contributed by atoms with Crippen LogP contribution in [0.25, 0.3) is 0 Å². The van der Waals surface area contributed by atoms with Crippen molar-refractivity contribution in [1.82, 2.24) is 9.19 Å². The van der Waals surface area contributed by atoms with Crippen LogP contribution in [-0.2, 0) is 10.0 Å². The highest BCUT2D eigenvalue weighted by atomic mass is 79.9. The Labute approximate surface area is 114 Å². The lowest BCUT2D eigenvalue weighted by atomic mass is 10.3. The summed E-state index contributed by atoms with van der Waals surface area (Å²) in [5.74, 6) is 0.284. The Bertz CT molecular complexity index is 679. The van der Waals surface area contributed by atoms with Gasteiger partial charge in [-0.15, -0.1) is 0 Å². The Balaban J connectivity index is 2.64. The summed E-state index contributed by atoms with van der Waals surface area (Å²) >= 11 is 3.25. The molecule has 1 aromatic carbocycles. The first-order chi connectivity index (χ1) is 8.45. The van der Waals surface area contributed by atoms with Crippen LogP contribution in [0.2, 0.25) is 0 Å². The van der Waals surface area contributed by atoms with Crippen LogP contribution in [0.3, 0.4) is 0 Å². The molecule has 0 aliphatic heterocycles. The molecule has 0 radical (unpaired) electrons. The molecule has 0 aliphatic rings. The minimum atomic E-state index is -3.73. The molecule has 18 heavy (non-hydrogen) atoms. The van der Waals surface area contributed by atoms with Gasteiger partial charge in [0.2, 0.25) is 0 Å². The van der Waals surface area contributed by atoms with Crippen LogP contribution in [0.1, 0.15) is 5.69 Å². The zero-order chi connectivity index (χ0) is 13.3. The third kappa shape index (κ3) is 2.28. The van der Waals surface area contributed by atoms with Gasteiger partial charge in [0.15, 0.2) is 0 Å². The topological polar surface area (TPSA) is 61.2 Å². The third-order valence-electron chi connectivity index (χ3n) is 2.35. The molecule has 0 atom stereocenters. The van der Waals surface area contributed by atoms with E-state index in [-0.39, 0.29) is 10.6 Å². The molecular formula is C11H11BrN2O3S. The highest BCUT2D eigenvalue weighted by molar-refractivity contribution is 9.10. The van der Waals surface area contributed by atoms with E-state index in [1.165, 1.54) is 19.4 Å². The van der Waals surface area contributed by atoms with Crippen molar-refractivity contribution in [3.8, 4) is 5.75 Å². The maximum Gasteiger partial charge on any atom is 0.286 e. The van der Waals surface area contributed by atoms with Crippen LogP contribution >= 0.6 is 15.9 Å². The van der Waals surface area contributed by atoms with Crippen molar-refractivity contribution in [3.63, 3.8) is 0 Å². The van der Waals surface area contributed by atoms with Crippen molar-refractivity contribution in [2.75, 3.05) is 7.11 Å². The number of aromatic nitrogens is 2. The van der Waals surface area contributed by atoms with Crippen LogP contribution in [0, 0.1) is 6.92 Å². The molecule has 0 aliphatic carbocycles. The minimum absolute atomic E-state index is 0.0717. The summed E-state index contributed by atoms with van der Waals surface area (Å²) in [7, 11) is -2.31. The number of nitrogens with zero attached hydrogens (tertiary/aromatic N) is 2. The summed E-state index contributed by atoms with van der Waals surface area (Å²) in [6.45, 7) is 1.73. The summed E-state index contributed by atoms with van der Waals surface area (Å²) < 4.78 is 31.4. The molecule has 0 saturated heterocycles. The molecule has 0 amide bonds. The molecule has 0 N–H and O–H groups in total. The van der Waals surface area contributed by atoms with E-state index in [1.807, 2.05) is 0 Å². The lowest BCUT2D eigenvalue weighted by Crippen LogP contribution is -2.14. The first-order valence-electron chi connectivity index (χ1n) is 5.06. The molecule has 1 aromatic heterocycles. The van der Waals surface area contributed by atoms with Crippen LogP contribution in [0.15, 0.2) is 39.8 Å². The first-order valence-corrected chi connectivity index (χ1v) is 7.30. The average molecular weight is 331 g/mol. The van der Waals surface area contributed by atoms with E-state index >= 15 is 0 Å². The molecule has 0 unspecified atom stereocenters. The van der Waals surface area contributed by atoms with E-state index in [1.54, 1.807) is 25.1 Å². The SMILES string of the molecule is COc1ccc(Br)cc1S(=O)(=O)n1ccc(C)n1. The van der Waals surface area contributed by atoms with Gasteiger partial charge in [-0.2, -0.15) is 17.6 Å². The number of benzene rings is 1. The number of hydrogen-bond donors (Lipinski definition) is 0. The van der Waals surface area contributed by atoms with E-state index in [4.69, 9.17) is 4.74 Å². The second-order valence-corrected chi connectivity index (χ2v) is 6.31. The maximum atomic E-state index is 12.4. The smallest absolute Gasteiger partial charge is 0.286 e. The Hall–Kier alpha value is -1.34. The molecule has 5 nitrogen and oxygen atoms in total. The Morgan fingerprint density at radius 1 is 1.33 bits per heavy atom. The maximum absolute atomic E-state index is 12.4. The summed E-state index contributed by atoms with van der Waals surface area (Å²) in [6, 6.07) is 6.42. The standard InChI is InChI=1S/C11H11BrN2O3S/c1-8-5-6-14(13-8)18(15,16)11-7-9(12)3-4-10(11)17-2/h3-7H,1-2H3. The van der Waals surface area contributed by atoms with Crippen LogP contribution in [-0.4, -0.2) is 24.7 Å². The fraction of sp³-hybridized carbons (Fsp3) is 0.182. The van der Waals surface area contributed by atoms with Crippen molar-refractivity contribution in [2.45, 2.75) is 11.8 Å². The zero-order valence-corrected chi connectivity index (χ0v) is 12.2. The van der Waals surface area contributed by atoms with Crippen LogP contribution in [0.5, 0.6) is 5.75 Å². The molecular weight excluding hydrogens is 320 g/mol.